The number of hydrogen-bond donors (Lipinski definition) is 0. The topological polar surface area (TPSA) is 21.1 Å². The summed E-state index contributed by atoms with van der Waals surface area (Å²) in [5.74, 6) is -0.204. The zero-order chi connectivity index (χ0) is 16.8. The zero-order valence-electron chi connectivity index (χ0n) is 13.9. The third-order valence-corrected chi connectivity index (χ3v) is 4.87. The first kappa shape index (κ1) is 17.9. The lowest BCUT2D eigenvalue weighted by atomic mass is 9.92. The molecule has 0 N–H and O–H groups in total. The van der Waals surface area contributed by atoms with Crippen LogP contribution >= 0.6 is 24.0 Å². The molecule has 3 aromatic rings. The minimum Gasteiger partial charge on any atom is -0.291 e. The van der Waals surface area contributed by atoms with Crippen molar-refractivity contribution < 1.29 is 4.39 Å². The first-order valence-corrected chi connectivity index (χ1v) is 8.19. The van der Waals surface area contributed by atoms with Crippen LogP contribution in [0.5, 0.6) is 0 Å². The van der Waals surface area contributed by atoms with E-state index in [0.717, 1.165) is 22.4 Å². The van der Waals surface area contributed by atoms with E-state index in [9.17, 15) is 4.39 Å². The fourth-order valence-corrected chi connectivity index (χ4v) is 3.80. The Balaban J connectivity index is 0.00000182. The monoisotopic (exact) mass is 377 g/mol. The van der Waals surface area contributed by atoms with Gasteiger partial charge in [-0.2, -0.15) is 5.10 Å². The maximum Gasteiger partial charge on any atom is 0.128 e. The van der Waals surface area contributed by atoms with E-state index in [1.54, 1.807) is 6.07 Å². The minimum atomic E-state index is -0.204. The van der Waals surface area contributed by atoms with Crippen molar-refractivity contribution >= 4 is 24.0 Å². The molecule has 0 fully saturated rings. The third-order valence-electron chi connectivity index (χ3n) is 4.64. The molecule has 3 nitrogen and oxygen atoms in total. The van der Waals surface area contributed by atoms with Crippen molar-refractivity contribution in [3.8, 4) is 11.3 Å². The fraction of sp³-hybridized carbons (Fsp3) is 0.211. The second-order valence-electron chi connectivity index (χ2n) is 6.21. The molecule has 0 saturated carbocycles. The highest BCUT2D eigenvalue weighted by Crippen LogP contribution is 2.42. The Bertz CT molecular complexity index is 923. The van der Waals surface area contributed by atoms with Crippen molar-refractivity contribution in [3.63, 3.8) is 0 Å². The molecule has 6 heteroatoms. The van der Waals surface area contributed by atoms with Crippen LogP contribution < -0.4 is 0 Å². The van der Waals surface area contributed by atoms with E-state index in [0.29, 0.717) is 17.1 Å². The number of aromatic nitrogens is 2. The average Bonchev–Trinajstić information content (AvgIpc) is 2.85. The van der Waals surface area contributed by atoms with Gasteiger partial charge in [0.15, 0.2) is 0 Å². The number of benzene rings is 2. The van der Waals surface area contributed by atoms with Crippen molar-refractivity contribution in [1.82, 2.24) is 14.7 Å². The largest absolute Gasteiger partial charge is 0.291 e. The summed E-state index contributed by atoms with van der Waals surface area (Å²) in [6.07, 6.45) is 1.88. The quantitative estimate of drug-likeness (QED) is 0.605. The molecule has 4 rings (SSSR count). The Morgan fingerprint density at radius 2 is 1.88 bits per heavy atom. The summed E-state index contributed by atoms with van der Waals surface area (Å²) in [7, 11) is 3.94. The Labute approximate surface area is 157 Å². The average molecular weight is 378 g/mol. The Morgan fingerprint density at radius 1 is 1.12 bits per heavy atom. The first-order chi connectivity index (χ1) is 11.6. The summed E-state index contributed by atoms with van der Waals surface area (Å²) in [4.78, 5) is 2.14. The highest BCUT2D eigenvalue weighted by molar-refractivity contribution is 6.30. The summed E-state index contributed by atoms with van der Waals surface area (Å²) in [6, 6.07) is 12.6. The summed E-state index contributed by atoms with van der Waals surface area (Å²) in [5.41, 5.74) is 4.89. The van der Waals surface area contributed by atoms with Gasteiger partial charge in [0.25, 0.3) is 0 Å². The van der Waals surface area contributed by atoms with Gasteiger partial charge in [-0.15, -0.1) is 12.4 Å². The summed E-state index contributed by atoms with van der Waals surface area (Å²) in [5, 5.41) is 5.04. The standard InChI is InChI=1S/C19H17ClFN3.ClH/c1-23-11-12-10-22-24(2)18(12)14-8-7-13(20)9-16(14)19(23)15-5-3-4-6-17(15)21;/h3-10,19H,11H2,1-2H3;1H. The molecular formula is C19H18Cl2FN3. The van der Waals surface area contributed by atoms with Gasteiger partial charge in [-0.3, -0.25) is 9.58 Å². The molecule has 0 radical (unpaired) electrons. The van der Waals surface area contributed by atoms with Crippen LogP contribution in [0, 0.1) is 5.82 Å². The van der Waals surface area contributed by atoms with Crippen molar-refractivity contribution in [3.05, 3.63) is 76.2 Å². The molecule has 0 spiro atoms. The highest BCUT2D eigenvalue weighted by atomic mass is 35.5. The highest BCUT2D eigenvalue weighted by Gasteiger charge is 2.31. The van der Waals surface area contributed by atoms with Crippen molar-refractivity contribution in [1.29, 1.82) is 0 Å². The summed E-state index contributed by atoms with van der Waals surface area (Å²) < 4.78 is 16.4. The summed E-state index contributed by atoms with van der Waals surface area (Å²) >= 11 is 6.28. The van der Waals surface area contributed by atoms with E-state index in [1.165, 1.54) is 6.07 Å². The van der Waals surface area contributed by atoms with Gasteiger partial charge in [0.05, 0.1) is 17.9 Å². The van der Waals surface area contributed by atoms with E-state index in [4.69, 9.17) is 11.6 Å². The van der Waals surface area contributed by atoms with Crippen LogP contribution in [0.25, 0.3) is 11.3 Å². The Kier molecular flexibility index (Phi) is 4.87. The predicted octanol–water partition coefficient (Wildman–Crippen LogP) is 4.84. The zero-order valence-corrected chi connectivity index (χ0v) is 15.5. The predicted molar refractivity (Wildman–Crippen MR) is 101 cm³/mol. The van der Waals surface area contributed by atoms with E-state index in [2.05, 4.69) is 10.00 Å². The van der Waals surface area contributed by atoms with Crippen LogP contribution in [-0.4, -0.2) is 21.7 Å². The van der Waals surface area contributed by atoms with Crippen LogP contribution in [0.2, 0.25) is 5.02 Å². The third kappa shape index (κ3) is 2.95. The molecule has 1 aromatic heterocycles. The molecule has 1 aliphatic rings. The lowest BCUT2D eigenvalue weighted by molar-refractivity contribution is 0.268. The number of nitrogens with zero attached hydrogens (tertiary/aromatic N) is 3. The molecule has 1 atom stereocenters. The molecule has 2 heterocycles. The van der Waals surface area contributed by atoms with Gasteiger partial charge in [-0.1, -0.05) is 35.9 Å². The van der Waals surface area contributed by atoms with Crippen molar-refractivity contribution in [2.24, 2.45) is 7.05 Å². The van der Waals surface area contributed by atoms with Crippen LogP contribution in [0.4, 0.5) is 4.39 Å². The first-order valence-electron chi connectivity index (χ1n) is 7.81. The number of fused-ring (bicyclic) bond motifs is 3. The number of halogens is 3. The maximum absolute atomic E-state index is 14.5. The van der Waals surface area contributed by atoms with Gasteiger partial charge in [0, 0.05) is 35.3 Å². The second-order valence-corrected chi connectivity index (χ2v) is 6.65. The van der Waals surface area contributed by atoms with Crippen LogP contribution in [0.1, 0.15) is 22.7 Å². The molecule has 0 aliphatic carbocycles. The van der Waals surface area contributed by atoms with Crippen LogP contribution in [0.3, 0.4) is 0 Å². The smallest absolute Gasteiger partial charge is 0.128 e. The molecule has 0 bridgehead atoms. The molecule has 1 aliphatic heterocycles. The normalized spacial score (nSPS) is 16.6. The molecule has 0 amide bonds. The lowest BCUT2D eigenvalue weighted by Crippen LogP contribution is -2.25. The second kappa shape index (κ2) is 6.79. The van der Waals surface area contributed by atoms with Gasteiger partial charge >= 0.3 is 0 Å². The number of rotatable bonds is 1. The molecule has 0 saturated heterocycles. The molecule has 130 valence electrons. The van der Waals surface area contributed by atoms with Crippen molar-refractivity contribution in [2.75, 3.05) is 7.05 Å². The molecule has 1 unspecified atom stereocenters. The van der Waals surface area contributed by atoms with Crippen LogP contribution in [0.15, 0.2) is 48.7 Å². The van der Waals surface area contributed by atoms with E-state index in [1.807, 2.05) is 55.3 Å². The van der Waals surface area contributed by atoms with E-state index >= 15 is 0 Å². The Morgan fingerprint density at radius 3 is 2.64 bits per heavy atom. The van der Waals surface area contributed by atoms with Gasteiger partial charge < -0.3 is 0 Å². The lowest BCUT2D eigenvalue weighted by Gasteiger charge is -2.28. The van der Waals surface area contributed by atoms with Gasteiger partial charge in [-0.25, -0.2) is 4.39 Å². The van der Waals surface area contributed by atoms with E-state index in [-0.39, 0.29) is 24.3 Å². The molecule has 2 aromatic carbocycles. The number of hydrogen-bond acceptors (Lipinski definition) is 2. The van der Waals surface area contributed by atoms with Gasteiger partial charge in [0.1, 0.15) is 5.82 Å². The molecule has 25 heavy (non-hydrogen) atoms. The van der Waals surface area contributed by atoms with Gasteiger partial charge in [-0.05, 0) is 30.8 Å². The maximum atomic E-state index is 14.5. The van der Waals surface area contributed by atoms with Crippen molar-refractivity contribution in [2.45, 2.75) is 12.6 Å². The fourth-order valence-electron chi connectivity index (χ4n) is 3.62. The number of aryl methyl sites for hydroxylation is 1. The van der Waals surface area contributed by atoms with Gasteiger partial charge in [0.2, 0.25) is 0 Å². The Hall–Kier alpha value is -1.88. The van der Waals surface area contributed by atoms with E-state index < -0.39 is 0 Å². The molecular weight excluding hydrogens is 360 g/mol. The minimum absolute atomic E-state index is 0. The SMILES string of the molecule is CN1Cc2cnn(C)c2-c2ccc(Cl)cc2C1c1ccccc1F.Cl. The summed E-state index contributed by atoms with van der Waals surface area (Å²) in [6.45, 7) is 0.689. The van der Waals surface area contributed by atoms with Crippen LogP contribution in [-0.2, 0) is 13.6 Å².